The van der Waals surface area contributed by atoms with Crippen molar-refractivity contribution in [2.75, 3.05) is 5.32 Å². The van der Waals surface area contributed by atoms with Crippen LogP contribution in [0.4, 0.5) is 10.2 Å². The third-order valence-corrected chi connectivity index (χ3v) is 5.00. The SMILES string of the molecule is CC(Nc1ncnc2nc[nH]c12)c1nn2ccc(Cl)c2c(=O)n1-c1cccc(F)c1. The highest BCUT2D eigenvalue weighted by Crippen LogP contribution is 2.24. The van der Waals surface area contributed by atoms with Gasteiger partial charge in [-0.25, -0.2) is 23.9 Å². The Labute approximate surface area is 173 Å². The van der Waals surface area contributed by atoms with Gasteiger partial charge in [0.15, 0.2) is 17.3 Å². The fraction of sp³-hybridized carbons (Fsp3) is 0.105. The molecular weight excluding hydrogens is 411 g/mol. The molecule has 0 aliphatic rings. The van der Waals surface area contributed by atoms with Crippen molar-refractivity contribution in [2.45, 2.75) is 13.0 Å². The van der Waals surface area contributed by atoms with Crippen LogP contribution in [0.5, 0.6) is 0 Å². The van der Waals surface area contributed by atoms with E-state index in [0.717, 1.165) is 0 Å². The van der Waals surface area contributed by atoms with E-state index < -0.39 is 17.4 Å². The maximum absolute atomic E-state index is 13.9. The standard InChI is InChI=1S/C19H14ClFN8O/c1-10(26-17-14-16(23-8-22-14)24-9-25-17)18-27-28-6-5-13(20)15(28)19(30)29(18)12-4-2-3-11(21)7-12/h2-10H,1H3,(H2,22,23,24,25,26). The average Bonchev–Trinajstić information content (AvgIpc) is 3.35. The molecule has 0 amide bonds. The van der Waals surface area contributed by atoms with Crippen molar-refractivity contribution in [1.82, 2.24) is 34.1 Å². The maximum atomic E-state index is 13.9. The first-order chi connectivity index (χ1) is 14.5. The zero-order chi connectivity index (χ0) is 20.8. The number of benzene rings is 1. The molecular formula is C19H14ClFN8O. The van der Waals surface area contributed by atoms with Crippen LogP contribution >= 0.6 is 11.6 Å². The lowest BCUT2D eigenvalue weighted by atomic mass is 10.2. The molecule has 0 saturated heterocycles. The topological polar surface area (TPSA) is 106 Å². The number of fused-ring (bicyclic) bond motifs is 2. The number of imidazole rings is 1. The molecule has 0 aliphatic carbocycles. The van der Waals surface area contributed by atoms with Crippen LogP contribution in [0.2, 0.25) is 5.02 Å². The second kappa shape index (κ2) is 6.92. The first-order valence-corrected chi connectivity index (χ1v) is 9.37. The highest BCUT2D eigenvalue weighted by atomic mass is 35.5. The summed E-state index contributed by atoms with van der Waals surface area (Å²) in [6.07, 6.45) is 4.51. The molecule has 1 unspecified atom stereocenters. The minimum absolute atomic E-state index is 0.204. The van der Waals surface area contributed by atoms with E-state index in [0.29, 0.717) is 28.5 Å². The van der Waals surface area contributed by atoms with Gasteiger partial charge < -0.3 is 10.3 Å². The summed E-state index contributed by atoms with van der Waals surface area (Å²) >= 11 is 6.19. The smallest absolute Gasteiger partial charge is 0.284 e. The van der Waals surface area contributed by atoms with Crippen molar-refractivity contribution in [1.29, 1.82) is 0 Å². The molecule has 5 rings (SSSR count). The van der Waals surface area contributed by atoms with Gasteiger partial charge in [-0.2, -0.15) is 5.10 Å². The Morgan fingerprint density at radius 1 is 1.23 bits per heavy atom. The quantitative estimate of drug-likeness (QED) is 0.459. The lowest BCUT2D eigenvalue weighted by Crippen LogP contribution is -2.29. The van der Waals surface area contributed by atoms with Crippen LogP contribution < -0.4 is 10.9 Å². The number of hydrogen-bond donors (Lipinski definition) is 2. The van der Waals surface area contributed by atoms with Crippen LogP contribution in [0, 0.1) is 5.82 Å². The minimum atomic E-state index is -0.493. The summed E-state index contributed by atoms with van der Waals surface area (Å²) in [4.78, 5) is 28.7. The van der Waals surface area contributed by atoms with E-state index in [4.69, 9.17) is 11.6 Å². The van der Waals surface area contributed by atoms with Gasteiger partial charge in [-0.3, -0.25) is 9.36 Å². The molecule has 4 heterocycles. The normalized spacial score (nSPS) is 12.5. The van der Waals surface area contributed by atoms with Crippen LogP contribution in [0.1, 0.15) is 18.8 Å². The maximum Gasteiger partial charge on any atom is 0.284 e. The summed E-state index contributed by atoms with van der Waals surface area (Å²) in [5.41, 5.74) is 1.25. The number of nitrogens with one attached hydrogen (secondary N) is 2. The first kappa shape index (κ1) is 18.3. The van der Waals surface area contributed by atoms with E-state index in [9.17, 15) is 9.18 Å². The molecule has 11 heteroatoms. The number of aromatic amines is 1. The lowest BCUT2D eigenvalue weighted by molar-refractivity contribution is 0.622. The zero-order valence-corrected chi connectivity index (χ0v) is 16.3. The Bertz CT molecular complexity index is 1460. The van der Waals surface area contributed by atoms with Gasteiger partial charge in [-0.05, 0) is 31.2 Å². The summed E-state index contributed by atoms with van der Waals surface area (Å²) in [6.45, 7) is 1.82. The van der Waals surface area contributed by atoms with Gasteiger partial charge in [0.2, 0.25) is 0 Å². The minimum Gasteiger partial charge on any atom is -0.358 e. The Kier molecular flexibility index (Phi) is 4.21. The van der Waals surface area contributed by atoms with E-state index >= 15 is 0 Å². The third kappa shape index (κ3) is 2.89. The van der Waals surface area contributed by atoms with Crippen molar-refractivity contribution in [3.63, 3.8) is 0 Å². The molecule has 0 aliphatic heterocycles. The van der Waals surface area contributed by atoms with E-state index in [1.54, 1.807) is 18.3 Å². The van der Waals surface area contributed by atoms with E-state index in [-0.39, 0.29) is 10.5 Å². The Balaban J connectivity index is 1.70. The molecule has 150 valence electrons. The molecule has 2 N–H and O–H groups in total. The highest BCUT2D eigenvalue weighted by molar-refractivity contribution is 6.33. The molecule has 1 atom stereocenters. The van der Waals surface area contributed by atoms with Gasteiger partial charge in [-0.15, -0.1) is 0 Å². The lowest BCUT2D eigenvalue weighted by Gasteiger charge is -2.19. The number of rotatable bonds is 4. The van der Waals surface area contributed by atoms with Crippen molar-refractivity contribution in [2.24, 2.45) is 0 Å². The fourth-order valence-corrected chi connectivity index (χ4v) is 3.56. The number of nitrogens with zero attached hydrogens (tertiary/aromatic N) is 6. The molecule has 1 aromatic carbocycles. The van der Waals surface area contributed by atoms with Gasteiger partial charge in [0.05, 0.1) is 23.1 Å². The van der Waals surface area contributed by atoms with Gasteiger partial charge in [0.1, 0.15) is 23.2 Å². The molecule has 5 aromatic rings. The summed E-state index contributed by atoms with van der Waals surface area (Å²) < 4.78 is 16.7. The third-order valence-electron chi connectivity index (χ3n) is 4.69. The van der Waals surface area contributed by atoms with Gasteiger partial charge >= 0.3 is 0 Å². The second-order valence-electron chi connectivity index (χ2n) is 6.62. The Morgan fingerprint density at radius 2 is 2.10 bits per heavy atom. The molecule has 4 aromatic heterocycles. The van der Waals surface area contributed by atoms with Crippen LogP contribution in [0.3, 0.4) is 0 Å². The van der Waals surface area contributed by atoms with Crippen molar-refractivity contribution >= 4 is 34.1 Å². The van der Waals surface area contributed by atoms with E-state index in [2.05, 4.69) is 30.4 Å². The van der Waals surface area contributed by atoms with Gasteiger partial charge in [-0.1, -0.05) is 17.7 Å². The average molecular weight is 425 g/mol. The predicted octanol–water partition coefficient (Wildman–Crippen LogP) is 3.12. The molecule has 0 saturated carbocycles. The first-order valence-electron chi connectivity index (χ1n) is 8.99. The molecule has 0 bridgehead atoms. The van der Waals surface area contributed by atoms with Crippen molar-refractivity contribution in [3.05, 3.63) is 76.2 Å². The van der Waals surface area contributed by atoms with Crippen LogP contribution in [-0.2, 0) is 0 Å². The second-order valence-corrected chi connectivity index (χ2v) is 7.03. The Hall–Kier alpha value is -3.79. The Morgan fingerprint density at radius 3 is 2.93 bits per heavy atom. The number of hydrogen-bond acceptors (Lipinski definition) is 6. The van der Waals surface area contributed by atoms with E-state index in [1.165, 1.54) is 39.9 Å². The van der Waals surface area contributed by atoms with Gasteiger partial charge in [0, 0.05) is 6.20 Å². The molecule has 0 fully saturated rings. The van der Waals surface area contributed by atoms with Gasteiger partial charge in [0.25, 0.3) is 5.56 Å². The highest BCUT2D eigenvalue weighted by Gasteiger charge is 2.21. The van der Waals surface area contributed by atoms with E-state index in [1.807, 2.05) is 6.92 Å². The largest absolute Gasteiger partial charge is 0.358 e. The summed E-state index contributed by atoms with van der Waals surface area (Å²) in [5.74, 6) is 0.370. The number of H-pyrrole nitrogens is 1. The zero-order valence-electron chi connectivity index (χ0n) is 15.5. The predicted molar refractivity (Wildman–Crippen MR) is 109 cm³/mol. The number of anilines is 1. The summed E-state index contributed by atoms with van der Waals surface area (Å²) in [6, 6.07) is 6.83. The molecule has 0 spiro atoms. The molecule has 0 radical (unpaired) electrons. The molecule has 30 heavy (non-hydrogen) atoms. The van der Waals surface area contributed by atoms with Crippen LogP contribution in [0.25, 0.3) is 22.4 Å². The van der Waals surface area contributed by atoms with Crippen molar-refractivity contribution in [3.8, 4) is 5.69 Å². The fourth-order valence-electron chi connectivity index (χ4n) is 3.34. The van der Waals surface area contributed by atoms with Crippen LogP contribution in [-0.4, -0.2) is 34.1 Å². The monoisotopic (exact) mass is 424 g/mol. The summed E-state index contributed by atoms with van der Waals surface area (Å²) in [5, 5.41) is 8.06. The number of halogens is 2. The van der Waals surface area contributed by atoms with Crippen molar-refractivity contribution < 1.29 is 4.39 Å². The summed E-state index contributed by atoms with van der Waals surface area (Å²) in [7, 11) is 0. The number of aromatic nitrogens is 7. The van der Waals surface area contributed by atoms with Crippen LogP contribution in [0.15, 0.2) is 54.0 Å². The molecule has 9 nitrogen and oxygen atoms in total.